The highest BCUT2D eigenvalue weighted by Gasteiger charge is 2.31. The number of benzene rings is 3. The number of amides is 2. The monoisotopic (exact) mass is 478 g/mol. The van der Waals surface area contributed by atoms with Crippen LogP contribution in [0, 0.1) is 0 Å². The minimum absolute atomic E-state index is 0.125. The van der Waals surface area contributed by atoms with E-state index in [2.05, 4.69) is 5.32 Å². The van der Waals surface area contributed by atoms with Crippen molar-refractivity contribution >= 4 is 23.4 Å². The van der Waals surface area contributed by atoms with Gasteiger partial charge in [-0.2, -0.15) is 0 Å². The molecule has 3 aromatic carbocycles. The predicted octanol–water partition coefficient (Wildman–Crippen LogP) is 5.20. The summed E-state index contributed by atoms with van der Waals surface area (Å²) in [6, 6.07) is 25.6. The van der Waals surface area contributed by atoms with Crippen LogP contribution >= 0.6 is 11.6 Å². The summed E-state index contributed by atoms with van der Waals surface area (Å²) >= 11 is 6.07. The van der Waals surface area contributed by atoms with E-state index >= 15 is 0 Å². The highest BCUT2D eigenvalue weighted by atomic mass is 35.5. The van der Waals surface area contributed by atoms with Crippen molar-refractivity contribution in [2.75, 3.05) is 19.8 Å². The lowest BCUT2D eigenvalue weighted by atomic mass is 10.0. The van der Waals surface area contributed by atoms with E-state index in [4.69, 9.17) is 16.3 Å². The molecule has 0 fully saturated rings. The van der Waals surface area contributed by atoms with Crippen molar-refractivity contribution in [1.29, 1.82) is 0 Å². The lowest BCUT2D eigenvalue weighted by molar-refractivity contribution is -0.141. The molecule has 178 valence electrons. The largest absolute Gasteiger partial charge is 0.382 e. The molecule has 0 unspecified atom stereocenters. The number of nitrogens with zero attached hydrogens (tertiary/aromatic N) is 1. The third-order valence-corrected chi connectivity index (χ3v) is 5.68. The SMILES string of the molecule is CCOCCCNC(=O)[C@@H](c1ccccc1)N(Cc1ccc(Cl)cc1)C(=O)Cc1ccccc1. The van der Waals surface area contributed by atoms with Gasteiger partial charge in [-0.25, -0.2) is 0 Å². The van der Waals surface area contributed by atoms with Gasteiger partial charge in [0.15, 0.2) is 0 Å². The van der Waals surface area contributed by atoms with Gasteiger partial charge in [-0.1, -0.05) is 84.4 Å². The van der Waals surface area contributed by atoms with Gasteiger partial charge in [0.1, 0.15) is 6.04 Å². The molecule has 6 heteroatoms. The standard InChI is InChI=1S/C28H31ClN2O3/c1-2-34-19-9-18-30-28(33)27(24-12-7-4-8-13-24)31(21-23-14-16-25(29)17-15-23)26(32)20-22-10-5-3-6-11-22/h3-8,10-17,27H,2,9,18-21H2,1H3,(H,30,33)/t27-/m1/s1. The molecule has 0 bridgehead atoms. The van der Waals surface area contributed by atoms with Crippen LogP contribution in [-0.4, -0.2) is 36.5 Å². The number of carbonyl (C=O) groups is 2. The normalized spacial score (nSPS) is 11.6. The third kappa shape index (κ3) is 7.72. The summed E-state index contributed by atoms with van der Waals surface area (Å²) in [6.07, 6.45) is 0.908. The molecule has 2 amide bonds. The Balaban J connectivity index is 1.89. The summed E-state index contributed by atoms with van der Waals surface area (Å²) in [5, 5.41) is 3.62. The Hall–Kier alpha value is -3.15. The van der Waals surface area contributed by atoms with Crippen LogP contribution in [0.4, 0.5) is 0 Å². The number of nitrogens with one attached hydrogen (secondary N) is 1. The van der Waals surface area contributed by atoms with Gasteiger partial charge in [0.2, 0.25) is 11.8 Å². The second-order valence-corrected chi connectivity index (χ2v) is 8.40. The average Bonchev–Trinajstić information content (AvgIpc) is 2.86. The molecular weight excluding hydrogens is 448 g/mol. The van der Waals surface area contributed by atoms with Crippen LogP contribution in [0.25, 0.3) is 0 Å². The lowest BCUT2D eigenvalue weighted by Gasteiger charge is -2.32. The zero-order valence-electron chi connectivity index (χ0n) is 19.5. The Labute approximate surface area is 206 Å². The molecule has 5 nitrogen and oxygen atoms in total. The molecule has 34 heavy (non-hydrogen) atoms. The van der Waals surface area contributed by atoms with Crippen molar-refractivity contribution in [3.63, 3.8) is 0 Å². The summed E-state index contributed by atoms with van der Waals surface area (Å²) in [5.74, 6) is -0.336. The zero-order chi connectivity index (χ0) is 24.2. The molecule has 0 heterocycles. The van der Waals surface area contributed by atoms with Crippen molar-refractivity contribution in [3.8, 4) is 0 Å². The van der Waals surface area contributed by atoms with Crippen molar-refractivity contribution in [3.05, 3.63) is 107 Å². The second-order valence-electron chi connectivity index (χ2n) is 7.97. The van der Waals surface area contributed by atoms with E-state index in [0.29, 0.717) is 31.2 Å². The molecule has 1 N–H and O–H groups in total. The van der Waals surface area contributed by atoms with Gasteiger partial charge < -0.3 is 15.0 Å². The smallest absolute Gasteiger partial charge is 0.247 e. The molecule has 3 aromatic rings. The fourth-order valence-corrected chi connectivity index (χ4v) is 3.84. The Morgan fingerprint density at radius 1 is 0.912 bits per heavy atom. The van der Waals surface area contributed by atoms with Gasteiger partial charge in [-0.3, -0.25) is 9.59 Å². The average molecular weight is 479 g/mol. The minimum Gasteiger partial charge on any atom is -0.382 e. The van der Waals surface area contributed by atoms with Gasteiger partial charge in [-0.05, 0) is 42.2 Å². The molecule has 0 saturated carbocycles. The number of hydrogen-bond acceptors (Lipinski definition) is 3. The summed E-state index contributed by atoms with van der Waals surface area (Å²) in [6.45, 7) is 3.92. The van der Waals surface area contributed by atoms with E-state index in [1.807, 2.05) is 79.7 Å². The predicted molar refractivity (Wildman–Crippen MR) is 135 cm³/mol. The van der Waals surface area contributed by atoms with E-state index in [0.717, 1.165) is 16.7 Å². The molecule has 0 aliphatic rings. The Kier molecular flexibility index (Phi) is 10.1. The molecule has 0 aromatic heterocycles. The second kappa shape index (κ2) is 13.5. The quantitative estimate of drug-likeness (QED) is 0.364. The minimum atomic E-state index is -0.764. The number of halogens is 1. The van der Waals surface area contributed by atoms with Crippen molar-refractivity contribution in [2.45, 2.75) is 32.4 Å². The topological polar surface area (TPSA) is 58.6 Å². The fourth-order valence-electron chi connectivity index (χ4n) is 3.72. The lowest BCUT2D eigenvalue weighted by Crippen LogP contribution is -2.44. The summed E-state index contributed by atoms with van der Waals surface area (Å²) < 4.78 is 5.37. The van der Waals surface area contributed by atoms with Crippen molar-refractivity contribution < 1.29 is 14.3 Å². The first-order valence-electron chi connectivity index (χ1n) is 11.6. The highest BCUT2D eigenvalue weighted by Crippen LogP contribution is 2.25. The molecule has 0 radical (unpaired) electrons. The maximum absolute atomic E-state index is 13.6. The van der Waals surface area contributed by atoms with Gasteiger partial charge in [0.05, 0.1) is 6.42 Å². The van der Waals surface area contributed by atoms with Crippen LogP contribution in [0.3, 0.4) is 0 Å². The number of ether oxygens (including phenoxy) is 1. The summed E-state index contributed by atoms with van der Waals surface area (Å²) in [7, 11) is 0. The third-order valence-electron chi connectivity index (χ3n) is 5.43. The maximum Gasteiger partial charge on any atom is 0.247 e. The molecule has 3 rings (SSSR count). The van der Waals surface area contributed by atoms with E-state index in [1.165, 1.54) is 0 Å². The Morgan fingerprint density at radius 3 is 2.21 bits per heavy atom. The molecule has 0 spiro atoms. The van der Waals surface area contributed by atoms with E-state index in [-0.39, 0.29) is 24.8 Å². The Bertz CT molecular complexity index is 1030. The summed E-state index contributed by atoms with van der Waals surface area (Å²) in [5.41, 5.74) is 2.56. The first kappa shape index (κ1) is 25.5. The van der Waals surface area contributed by atoms with Gasteiger partial charge >= 0.3 is 0 Å². The van der Waals surface area contributed by atoms with E-state index in [1.54, 1.807) is 17.0 Å². The molecule has 1 atom stereocenters. The zero-order valence-corrected chi connectivity index (χ0v) is 20.2. The van der Waals surface area contributed by atoms with Crippen LogP contribution in [-0.2, 0) is 27.3 Å². The number of rotatable bonds is 12. The van der Waals surface area contributed by atoms with Crippen LogP contribution in [0.1, 0.15) is 36.1 Å². The van der Waals surface area contributed by atoms with Crippen molar-refractivity contribution in [1.82, 2.24) is 10.2 Å². The Morgan fingerprint density at radius 2 is 1.56 bits per heavy atom. The number of hydrogen-bond donors (Lipinski definition) is 1. The van der Waals surface area contributed by atoms with Crippen LogP contribution < -0.4 is 5.32 Å². The first-order valence-corrected chi connectivity index (χ1v) is 11.9. The van der Waals surface area contributed by atoms with Gasteiger partial charge in [0.25, 0.3) is 0 Å². The van der Waals surface area contributed by atoms with Crippen LogP contribution in [0.15, 0.2) is 84.9 Å². The van der Waals surface area contributed by atoms with Crippen molar-refractivity contribution in [2.24, 2.45) is 0 Å². The first-order chi connectivity index (χ1) is 16.6. The fraction of sp³-hybridized carbons (Fsp3) is 0.286. The summed E-state index contributed by atoms with van der Waals surface area (Å²) in [4.78, 5) is 28.7. The van der Waals surface area contributed by atoms with E-state index in [9.17, 15) is 9.59 Å². The van der Waals surface area contributed by atoms with E-state index < -0.39 is 6.04 Å². The van der Waals surface area contributed by atoms with Crippen LogP contribution in [0.5, 0.6) is 0 Å². The van der Waals surface area contributed by atoms with Crippen LogP contribution in [0.2, 0.25) is 5.02 Å². The molecule has 0 saturated heterocycles. The molecule has 0 aliphatic carbocycles. The van der Waals surface area contributed by atoms with Gasteiger partial charge in [0, 0.05) is 31.3 Å². The highest BCUT2D eigenvalue weighted by molar-refractivity contribution is 6.30. The number of carbonyl (C=O) groups excluding carboxylic acids is 2. The maximum atomic E-state index is 13.6. The molecular formula is C28H31ClN2O3. The molecule has 0 aliphatic heterocycles. The van der Waals surface area contributed by atoms with Gasteiger partial charge in [-0.15, -0.1) is 0 Å².